The number of carbonyl (C=O) groups is 1. The minimum Gasteiger partial charge on any atom is -0.392 e. The number of carbonyl (C=O) groups excluding carboxylic acids is 1. The summed E-state index contributed by atoms with van der Waals surface area (Å²) in [5.41, 5.74) is 5.16. The highest BCUT2D eigenvalue weighted by molar-refractivity contribution is 7.80. The fourth-order valence-corrected chi connectivity index (χ4v) is 1.79. The average molecular weight is 244 g/mol. The van der Waals surface area contributed by atoms with Crippen LogP contribution in [0.1, 0.15) is 33.1 Å². The Balaban J connectivity index is 2.46. The van der Waals surface area contributed by atoms with Crippen molar-refractivity contribution in [3.63, 3.8) is 0 Å². The molecule has 0 bridgehead atoms. The second kappa shape index (κ2) is 5.10. The minimum absolute atomic E-state index is 0.0588. The summed E-state index contributed by atoms with van der Waals surface area (Å²) >= 11 is 4.95. The van der Waals surface area contributed by atoms with Gasteiger partial charge in [0.2, 0.25) is 5.91 Å². The number of hydrogen-bond donors (Lipinski definition) is 2. The number of rotatable bonds is 6. The summed E-state index contributed by atoms with van der Waals surface area (Å²) in [7, 11) is 1.60. The van der Waals surface area contributed by atoms with E-state index in [0.29, 0.717) is 17.3 Å². The summed E-state index contributed by atoms with van der Waals surface area (Å²) in [5.74, 6) is 0.378. The molecule has 1 saturated carbocycles. The second-order valence-electron chi connectivity index (χ2n) is 4.93. The summed E-state index contributed by atoms with van der Waals surface area (Å²) in [6, 6.07) is -0.143. The highest BCUT2D eigenvalue weighted by Gasteiger charge is 2.34. The van der Waals surface area contributed by atoms with E-state index in [-0.39, 0.29) is 11.9 Å². The number of amides is 1. The molecule has 0 aromatic rings. The summed E-state index contributed by atoms with van der Waals surface area (Å²) in [6.45, 7) is 3.75. The van der Waals surface area contributed by atoms with Gasteiger partial charge >= 0.3 is 0 Å². The lowest BCUT2D eigenvalue weighted by Gasteiger charge is -2.24. The molecule has 0 aromatic heterocycles. The fraction of sp³-hybridized carbons (Fsp3) is 0.818. The van der Waals surface area contributed by atoms with E-state index in [1.165, 1.54) is 0 Å². The number of ether oxygens (including phenoxy) is 1. The molecule has 0 aromatic carbocycles. The van der Waals surface area contributed by atoms with Gasteiger partial charge in [-0.05, 0) is 32.6 Å². The van der Waals surface area contributed by atoms with E-state index < -0.39 is 5.60 Å². The lowest BCUT2D eigenvalue weighted by Crippen LogP contribution is -2.46. The third-order valence-electron chi connectivity index (χ3n) is 2.86. The largest absolute Gasteiger partial charge is 0.392 e. The van der Waals surface area contributed by atoms with Crippen LogP contribution in [0, 0.1) is 5.92 Å². The lowest BCUT2D eigenvalue weighted by atomic mass is 10.0. The van der Waals surface area contributed by atoms with E-state index in [1.54, 1.807) is 7.11 Å². The molecule has 3 N–H and O–H groups in total. The van der Waals surface area contributed by atoms with Gasteiger partial charge in [-0.3, -0.25) is 4.79 Å². The molecule has 1 aliphatic carbocycles. The molecule has 0 aliphatic heterocycles. The Hall–Kier alpha value is -0.680. The molecule has 1 amide bonds. The van der Waals surface area contributed by atoms with Gasteiger partial charge in [-0.25, -0.2) is 0 Å². The number of nitrogens with two attached hydrogens (primary N) is 1. The van der Waals surface area contributed by atoms with Crippen molar-refractivity contribution in [3.8, 4) is 0 Å². The first-order chi connectivity index (χ1) is 7.35. The van der Waals surface area contributed by atoms with Crippen molar-refractivity contribution in [2.75, 3.05) is 7.11 Å². The van der Waals surface area contributed by atoms with Gasteiger partial charge in [0, 0.05) is 7.11 Å². The van der Waals surface area contributed by atoms with Crippen LogP contribution in [0.25, 0.3) is 0 Å². The Kier molecular flexibility index (Phi) is 4.27. The maximum atomic E-state index is 11.8. The Morgan fingerprint density at radius 1 is 1.62 bits per heavy atom. The third-order valence-corrected chi connectivity index (χ3v) is 3.11. The van der Waals surface area contributed by atoms with Crippen molar-refractivity contribution < 1.29 is 9.53 Å². The van der Waals surface area contributed by atoms with Gasteiger partial charge in [-0.1, -0.05) is 12.2 Å². The van der Waals surface area contributed by atoms with Crippen molar-refractivity contribution in [2.45, 2.75) is 44.8 Å². The molecule has 0 spiro atoms. The quantitative estimate of drug-likeness (QED) is 0.684. The summed E-state index contributed by atoms with van der Waals surface area (Å²) in [4.78, 5) is 12.1. The molecule has 1 rings (SSSR count). The van der Waals surface area contributed by atoms with E-state index in [2.05, 4.69) is 5.32 Å². The number of hydrogen-bond acceptors (Lipinski definition) is 3. The van der Waals surface area contributed by atoms with Gasteiger partial charge in [-0.15, -0.1) is 0 Å². The summed E-state index contributed by atoms with van der Waals surface area (Å²) < 4.78 is 5.20. The molecule has 0 radical (unpaired) electrons. The van der Waals surface area contributed by atoms with Crippen LogP contribution >= 0.6 is 12.2 Å². The Bertz CT molecular complexity index is 288. The first kappa shape index (κ1) is 13.4. The van der Waals surface area contributed by atoms with Crippen LogP contribution in [-0.4, -0.2) is 29.6 Å². The Morgan fingerprint density at radius 2 is 2.19 bits per heavy atom. The van der Waals surface area contributed by atoms with Crippen molar-refractivity contribution in [1.29, 1.82) is 0 Å². The van der Waals surface area contributed by atoms with E-state index in [0.717, 1.165) is 12.8 Å². The predicted octanol–water partition coefficient (Wildman–Crippen LogP) is 0.982. The Morgan fingerprint density at radius 3 is 2.56 bits per heavy atom. The molecular weight excluding hydrogens is 224 g/mol. The van der Waals surface area contributed by atoms with Gasteiger partial charge in [-0.2, -0.15) is 0 Å². The van der Waals surface area contributed by atoms with Gasteiger partial charge < -0.3 is 15.8 Å². The molecule has 4 nitrogen and oxygen atoms in total. The SMILES string of the molecule is COC(C)(C)CC(=O)NC(C(N)=S)C1CC1. The molecule has 0 saturated heterocycles. The van der Waals surface area contributed by atoms with Crippen molar-refractivity contribution in [3.05, 3.63) is 0 Å². The molecule has 5 heteroatoms. The van der Waals surface area contributed by atoms with Crippen LogP contribution in [0.3, 0.4) is 0 Å². The highest BCUT2D eigenvalue weighted by atomic mass is 32.1. The number of thiocarbonyl (C=S) groups is 1. The zero-order chi connectivity index (χ0) is 12.3. The molecule has 0 heterocycles. The smallest absolute Gasteiger partial charge is 0.223 e. The molecular formula is C11H20N2O2S. The normalized spacial score (nSPS) is 17.9. The summed E-state index contributed by atoms with van der Waals surface area (Å²) in [6.07, 6.45) is 2.50. The van der Waals surface area contributed by atoms with Crippen molar-refractivity contribution >= 4 is 23.1 Å². The van der Waals surface area contributed by atoms with Crippen molar-refractivity contribution in [2.24, 2.45) is 11.7 Å². The molecule has 1 atom stereocenters. The monoisotopic (exact) mass is 244 g/mol. The zero-order valence-electron chi connectivity index (χ0n) is 10.1. The molecule has 1 fully saturated rings. The van der Waals surface area contributed by atoms with Crippen LogP contribution < -0.4 is 11.1 Å². The molecule has 1 aliphatic rings. The zero-order valence-corrected chi connectivity index (χ0v) is 10.9. The van der Waals surface area contributed by atoms with E-state index >= 15 is 0 Å². The van der Waals surface area contributed by atoms with E-state index in [1.807, 2.05) is 13.8 Å². The van der Waals surface area contributed by atoms with Crippen molar-refractivity contribution in [1.82, 2.24) is 5.32 Å². The van der Waals surface area contributed by atoms with E-state index in [9.17, 15) is 4.79 Å². The van der Waals surface area contributed by atoms with Gasteiger partial charge in [0.25, 0.3) is 0 Å². The number of methoxy groups -OCH3 is 1. The van der Waals surface area contributed by atoms with Crippen LogP contribution in [0.15, 0.2) is 0 Å². The molecule has 16 heavy (non-hydrogen) atoms. The topological polar surface area (TPSA) is 64.3 Å². The first-order valence-corrected chi connectivity index (χ1v) is 5.90. The van der Waals surface area contributed by atoms with Gasteiger partial charge in [0.15, 0.2) is 0 Å². The van der Waals surface area contributed by atoms with E-state index in [4.69, 9.17) is 22.7 Å². The standard InChI is InChI=1S/C11H20N2O2S/c1-11(2,15-3)6-8(14)13-9(10(12)16)7-4-5-7/h7,9H,4-6H2,1-3H3,(H2,12,16)(H,13,14). The fourth-order valence-electron chi connectivity index (χ4n) is 1.53. The van der Waals surface area contributed by atoms with Crippen LogP contribution in [-0.2, 0) is 9.53 Å². The second-order valence-corrected chi connectivity index (χ2v) is 5.40. The predicted molar refractivity (Wildman–Crippen MR) is 67.1 cm³/mol. The molecule has 1 unspecified atom stereocenters. The molecule has 92 valence electrons. The maximum Gasteiger partial charge on any atom is 0.223 e. The third kappa shape index (κ3) is 4.06. The Labute approximate surface area is 102 Å². The van der Waals surface area contributed by atoms with Gasteiger partial charge in [0.05, 0.1) is 23.1 Å². The lowest BCUT2D eigenvalue weighted by molar-refractivity contribution is -0.126. The van der Waals surface area contributed by atoms with Gasteiger partial charge in [0.1, 0.15) is 0 Å². The highest BCUT2D eigenvalue weighted by Crippen LogP contribution is 2.32. The minimum atomic E-state index is -0.450. The van der Waals surface area contributed by atoms with Crippen LogP contribution in [0.4, 0.5) is 0 Å². The van der Waals surface area contributed by atoms with Crippen LogP contribution in [0.5, 0.6) is 0 Å². The first-order valence-electron chi connectivity index (χ1n) is 5.49. The summed E-state index contributed by atoms with van der Waals surface area (Å²) in [5, 5.41) is 2.88. The number of nitrogens with one attached hydrogen (secondary N) is 1. The average Bonchev–Trinajstić information content (AvgIpc) is 2.96. The van der Waals surface area contributed by atoms with Crippen LogP contribution in [0.2, 0.25) is 0 Å². The maximum absolute atomic E-state index is 11.8.